The van der Waals surface area contributed by atoms with Gasteiger partial charge in [0.1, 0.15) is 5.84 Å². The molecule has 0 aromatic heterocycles. The lowest BCUT2D eigenvalue weighted by Crippen LogP contribution is -2.34. The Morgan fingerprint density at radius 3 is 2.38 bits per heavy atom. The summed E-state index contributed by atoms with van der Waals surface area (Å²) in [6, 6.07) is 0. The van der Waals surface area contributed by atoms with Crippen LogP contribution in [-0.2, 0) is 0 Å². The van der Waals surface area contributed by atoms with Gasteiger partial charge in [0.05, 0.1) is 6.54 Å². The molecule has 4 N–H and O–H groups in total. The Hall–Kier alpha value is -0.980. The number of hydrogen-bond acceptors (Lipinski definition) is 3. The molecule has 0 unspecified atom stereocenters. The molecule has 7 heteroatoms. The molecule has 0 fully saturated rings. The minimum Gasteiger partial charge on any atom is -0.409 e. The van der Waals surface area contributed by atoms with Gasteiger partial charge < -0.3 is 16.3 Å². The van der Waals surface area contributed by atoms with E-state index in [0.29, 0.717) is 12.8 Å². The molecule has 0 atom stereocenters. The highest BCUT2D eigenvalue weighted by atomic mass is 19.4. The number of hydrogen-bond donors (Lipinski definition) is 3. The predicted molar refractivity (Wildman–Crippen MR) is 55.3 cm³/mol. The Bertz CT molecular complexity index is 239. The average molecular weight is 241 g/mol. The highest BCUT2D eigenvalue weighted by Crippen LogP contribution is 2.22. The zero-order valence-electron chi connectivity index (χ0n) is 9.43. The minimum atomic E-state index is -4.18. The molecule has 0 aliphatic heterocycles. The zero-order valence-corrected chi connectivity index (χ0v) is 9.43. The molecule has 0 bridgehead atoms. The van der Waals surface area contributed by atoms with E-state index < -0.39 is 18.1 Å². The van der Waals surface area contributed by atoms with Gasteiger partial charge in [-0.25, -0.2) is 0 Å². The second kappa shape index (κ2) is 5.93. The third kappa shape index (κ3) is 6.49. The highest BCUT2D eigenvalue weighted by Gasteiger charge is 2.26. The van der Waals surface area contributed by atoms with Crippen molar-refractivity contribution in [3.05, 3.63) is 0 Å². The zero-order chi connectivity index (χ0) is 12.8. The number of nitrogens with two attached hydrogens (primary N) is 1. The third-order valence-electron chi connectivity index (χ3n) is 2.28. The first-order valence-electron chi connectivity index (χ1n) is 4.94. The van der Waals surface area contributed by atoms with Crippen LogP contribution in [0.1, 0.15) is 26.7 Å². The van der Waals surface area contributed by atoms with Crippen LogP contribution in [0, 0.1) is 5.41 Å². The fourth-order valence-corrected chi connectivity index (χ4v) is 1.15. The first-order valence-corrected chi connectivity index (χ1v) is 4.94. The largest absolute Gasteiger partial charge is 0.409 e. The van der Waals surface area contributed by atoms with Gasteiger partial charge in [-0.2, -0.15) is 13.2 Å². The summed E-state index contributed by atoms with van der Waals surface area (Å²) < 4.78 is 35.3. The molecular formula is C9H18F3N3O. The molecule has 0 aromatic rings. The van der Waals surface area contributed by atoms with E-state index in [1.165, 1.54) is 0 Å². The molecule has 0 saturated carbocycles. The number of nitrogens with zero attached hydrogens (tertiary/aromatic N) is 1. The molecular weight excluding hydrogens is 223 g/mol. The summed E-state index contributed by atoms with van der Waals surface area (Å²) in [6.45, 7) is 2.80. The Morgan fingerprint density at radius 1 is 1.38 bits per heavy atom. The summed E-state index contributed by atoms with van der Waals surface area (Å²) in [4.78, 5) is 0. The standard InChI is InChI=1S/C9H18F3N3O/c1-8(2,7(13)15-16)4-3-5-14-6-9(10,11)12/h14,16H,3-6H2,1-2H3,(H2,13,15). The van der Waals surface area contributed by atoms with E-state index in [0.717, 1.165) is 0 Å². The number of oxime groups is 1. The molecule has 0 heterocycles. The molecule has 16 heavy (non-hydrogen) atoms. The van der Waals surface area contributed by atoms with E-state index in [-0.39, 0.29) is 12.4 Å². The number of rotatable bonds is 6. The van der Waals surface area contributed by atoms with Crippen LogP contribution in [0.3, 0.4) is 0 Å². The van der Waals surface area contributed by atoms with Gasteiger partial charge in [0.25, 0.3) is 0 Å². The van der Waals surface area contributed by atoms with E-state index >= 15 is 0 Å². The van der Waals surface area contributed by atoms with Crippen molar-refractivity contribution in [3.8, 4) is 0 Å². The smallest absolute Gasteiger partial charge is 0.401 e. The maximum Gasteiger partial charge on any atom is 0.401 e. The quantitative estimate of drug-likeness (QED) is 0.218. The molecule has 0 aliphatic carbocycles. The van der Waals surface area contributed by atoms with Crippen molar-refractivity contribution in [1.29, 1.82) is 0 Å². The second-order valence-corrected chi connectivity index (χ2v) is 4.26. The fraction of sp³-hybridized carbons (Fsp3) is 0.889. The van der Waals surface area contributed by atoms with Crippen molar-refractivity contribution < 1.29 is 18.4 Å². The van der Waals surface area contributed by atoms with Crippen LogP contribution < -0.4 is 11.1 Å². The number of amidine groups is 1. The Kier molecular flexibility index (Phi) is 5.57. The lowest BCUT2D eigenvalue weighted by Gasteiger charge is -2.22. The van der Waals surface area contributed by atoms with Gasteiger partial charge in [-0.1, -0.05) is 19.0 Å². The van der Waals surface area contributed by atoms with Gasteiger partial charge in [-0.15, -0.1) is 0 Å². The van der Waals surface area contributed by atoms with E-state index in [1.807, 2.05) is 0 Å². The van der Waals surface area contributed by atoms with Crippen LogP contribution in [0.5, 0.6) is 0 Å². The van der Waals surface area contributed by atoms with E-state index in [1.54, 1.807) is 13.8 Å². The summed E-state index contributed by atoms with van der Waals surface area (Å²) in [5.41, 5.74) is 4.93. The van der Waals surface area contributed by atoms with Gasteiger partial charge in [0, 0.05) is 5.41 Å². The maximum atomic E-state index is 11.8. The van der Waals surface area contributed by atoms with E-state index in [9.17, 15) is 13.2 Å². The molecule has 0 aromatic carbocycles. The molecule has 0 rings (SSSR count). The van der Waals surface area contributed by atoms with Crippen molar-refractivity contribution in [2.45, 2.75) is 32.9 Å². The van der Waals surface area contributed by atoms with Crippen molar-refractivity contribution in [1.82, 2.24) is 5.32 Å². The fourth-order valence-electron chi connectivity index (χ4n) is 1.15. The molecule has 4 nitrogen and oxygen atoms in total. The summed E-state index contributed by atoms with van der Waals surface area (Å²) in [5, 5.41) is 13.7. The Morgan fingerprint density at radius 2 is 1.94 bits per heavy atom. The SMILES string of the molecule is CC(C)(CCCNCC(F)(F)F)C(N)=NO. The molecule has 0 saturated heterocycles. The average Bonchev–Trinajstić information content (AvgIpc) is 2.14. The predicted octanol–water partition coefficient (Wildman–Crippen LogP) is 1.69. The highest BCUT2D eigenvalue weighted by molar-refractivity contribution is 5.85. The van der Waals surface area contributed by atoms with Gasteiger partial charge in [0.15, 0.2) is 0 Å². The summed E-state index contributed by atoms with van der Waals surface area (Å²) in [5.74, 6) is 0.0864. The monoisotopic (exact) mass is 241 g/mol. The summed E-state index contributed by atoms with van der Waals surface area (Å²) in [7, 11) is 0. The third-order valence-corrected chi connectivity index (χ3v) is 2.28. The Balaban J connectivity index is 3.75. The van der Waals surface area contributed by atoms with Crippen LogP contribution >= 0.6 is 0 Å². The summed E-state index contributed by atoms with van der Waals surface area (Å²) in [6.07, 6.45) is -3.10. The summed E-state index contributed by atoms with van der Waals surface area (Å²) >= 11 is 0. The van der Waals surface area contributed by atoms with Gasteiger partial charge in [-0.3, -0.25) is 0 Å². The maximum absolute atomic E-state index is 11.8. The van der Waals surface area contributed by atoms with Crippen molar-refractivity contribution in [2.75, 3.05) is 13.1 Å². The first kappa shape index (κ1) is 15.0. The van der Waals surface area contributed by atoms with Gasteiger partial charge in [0.2, 0.25) is 0 Å². The van der Waals surface area contributed by atoms with Gasteiger partial charge in [-0.05, 0) is 19.4 Å². The number of halogens is 3. The second-order valence-electron chi connectivity index (χ2n) is 4.26. The van der Waals surface area contributed by atoms with Crippen LogP contribution in [0.15, 0.2) is 5.16 Å². The minimum absolute atomic E-state index is 0.0864. The lowest BCUT2D eigenvalue weighted by molar-refractivity contribution is -0.124. The van der Waals surface area contributed by atoms with Crippen LogP contribution in [0.2, 0.25) is 0 Å². The molecule has 0 spiro atoms. The molecule has 0 radical (unpaired) electrons. The first-order chi connectivity index (χ1) is 7.19. The molecule has 96 valence electrons. The van der Waals surface area contributed by atoms with Crippen molar-refractivity contribution in [3.63, 3.8) is 0 Å². The van der Waals surface area contributed by atoms with Gasteiger partial charge >= 0.3 is 6.18 Å². The molecule has 0 amide bonds. The lowest BCUT2D eigenvalue weighted by atomic mass is 9.86. The van der Waals surface area contributed by atoms with E-state index in [2.05, 4.69) is 10.5 Å². The number of alkyl halides is 3. The molecule has 0 aliphatic rings. The topological polar surface area (TPSA) is 70.6 Å². The normalized spacial score (nSPS) is 14.2. The number of nitrogens with one attached hydrogen (secondary N) is 1. The van der Waals surface area contributed by atoms with E-state index in [4.69, 9.17) is 10.9 Å². The Labute approximate surface area is 92.7 Å². The van der Waals surface area contributed by atoms with Crippen molar-refractivity contribution >= 4 is 5.84 Å². The van der Waals surface area contributed by atoms with Crippen LogP contribution in [0.25, 0.3) is 0 Å². The van der Waals surface area contributed by atoms with Crippen molar-refractivity contribution in [2.24, 2.45) is 16.3 Å². The van der Waals surface area contributed by atoms with Crippen LogP contribution in [0.4, 0.5) is 13.2 Å². The van der Waals surface area contributed by atoms with Crippen LogP contribution in [-0.4, -0.2) is 30.3 Å².